The second-order valence-corrected chi connectivity index (χ2v) is 5.24. The fourth-order valence-corrected chi connectivity index (χ4v) is 3.23. The third kappa shape index (κ3) is 1.99. The standard InChI is InChI=1S/C12H15N3O4/c16-9-5-7-1-2-8(6-9)14(7)12(17)10-3-4-11(13-10)15(18)19/h3-4,7-9,13,16H,1-2,5-6H2. The number of amides is 1. The van der Waals surface area contributed by atoms with Gasteiger partial charge in [0.1, 0.15) is 0 Å². The Kier molecular flexibility index (Phi) is 2.78. The van der Waals surface area contributed by atoms with Crippen molar-refractivity contribution >= 4 is 11.7 Å². The minimum Gasteiger partial charge on any atom is -0.393 e. The van der Waals surface area contributed by atoms with Crippen LogP contribution in [0.1, 0.15) is 36.2 Å². The van der Waals surface area contributed by atoms with E-state index in [0.29, 0.717) is 12.8 Å². The van der Waals surface area contributed by atoms with Gasteiger partial charge in [0, 0.05) is 18.2 Å². The highest BCUT2D eigenvalue weighted by molar-refractivity contribution is 5.93. The van der Waals surface area contributed by atoms with Crippen molar-refractivity contribution in [3.8, 4) is 0 Å². The molecule has 3 heterocycles. The van der Waals surface area contributed by atoms with Gasteiger partial charge in [-0.15, -0.1) is 0 Å². The maximum Gasteiger partial charge on any atom is 0.321 e. The van der Waals surface area contributed by atoms with Crippen LogP contribution in [0.5, 0.6) is 0 Å². The van der Waals surface area contributed by atoms with E-state index in [9.17, 15) is 20.0 Å². The molecule has 2 aliphatic heterocycles. The zero-order chi connectivity index (χ0) is 13.6. The largest absolute Gasteiger partial charge is 0.393 e. The Morgan fingerprint density at radius 2 is 2.00 bits per heavy atom. The van der Waals surface area contributed by atoms with E-state index in [0.717, 1.165) is 12.8 Å². The van der Waals surface area contributed by atoms with Crippen molar-refractivity contribution in [3.05, 3.63) is 27.9 Å². The van der Waals surface area contributed by atoms with Crippen molar-refractivity contribution in [2.45, 2.75) is 43.9 Å². The van der Waals surface area contributed by atoms with E-state index >= 15 is 0 Å². The van der Waals surface area contributed by atoms with E-state index < -0.39 is 4.92 Å². The first-order chi connectivity index (χ1) is 9.06. The summed E-state index contributed by atoms with van der Waals surface area (Å²) in [7, 11) is 0. The van der Waals surface area contributed by atoms with Crippen LogP contribution in [0.15, 0.2) is 12.1 Å². The predicted octanol–water partition coefficient (Wildman–Crippen LogP) is 1.05. The molecule has 0 aromatic carbocycles. The van der Waals surface area contributed by atoms with E-state index in [4.69, 9.17) is 0 Å². The first-order valence-electron chi connectivity index (χ1n) is 6.40. The molecule has 1 aromatic heterocycles. The zero-order valence-electron chi connectivity index (χ0n) is 10.3. The second kappa shape index (κ2) is 4.34. The third-order valence-corrected chi connectivity index (χ3v) is 4.04. The first-order valence-corrected chi connectivity index (χ1v) is 6.40. The highest BCUT2D eigenvalue weighted by atomic mass is 16.6. The Morgan fingerprint density at radius 1 is 1.37 bits per heavy atom. The van der Waals surface area contributed by atoms with Gasteiger partial charge in [0.05, 0.1) is 6.10 Å². The molecular weight excluding hydrogens is 250 g/mol. The van der Waals surface area contributed by atoms with Crippen LogP contribution in [0.25, 0.3) is 0 Å². The van der Waals surface area contributed by atoms with Crippen molar-refractivity contribution in [2.75, 3.05) is 0 Å². The molecule has 2 N–H and O–H groups in total. The highest BCUT2D eigenvalue weighted by Crippen LogP contribution is 2.36. The van der Waals surface area contributed by atoms with Gasteiger partial charge < -0.3 is 20.1 Å². The number of carbonyl (C=O) groups excluding carboxylic acids is 1. The summed E-state index contributed by atoms with van der Waals surface area (Å²) in [6, 6.07) is 2.87. The summed E-state index contributed by atoms with van der Waals surface area (Å²) in [6.45, 7) is 0. The lowest BCUT2D eigenvalue weighted by atomic mass is 9.99. The van der Waals surface area contributed by atoms with Gasteiger partial charge in [-0.05, 0) is 36.7 Å². The Hall–Kier alpha value is -1.89. The fourth-order valence-electron chi connectivity index (χ4n) is 3.23. The summed E-state index contributed by atoms with van der Waals surface area (Å²) < 4.78 is 0. The molecule has 1 amide bonds. The average molecular weight is 265 g/mol. The smallest absolute Gasteiger partial charge is 0.321 e. The van der Waals surface area contributed by atoms with Crippen LogP contribution < -0.4 is 0 Å². The van der Waals surface area contributed by atoms with E-state index in [1.54, 1.807) is 4.90 Å². The topological polar surface area (TPSA) is 99.5 Å². The molecule has 0 aliphatic carbocycles. The molecule has 7 nitrogen and oxygen atoms in total. The summed E-state index contributed by atoms with van der Waals surface area (Å²) >= 11 is 0. The maximum atomic E-state index is 12.4. The Balaban J connectivity index is 1.82. The number of aromatic nitrogens is 1. The molecule has 0 radical (unpaired) electrons. The number of H-pyrrole nitrogens is 1. The molecule has 2 saturated heterocycles. The number of nitro groups is 1. The number of carbonyl (C=O) groups is 1. The number of aliphatic hydroxyl groups is 1. The van der Waals surface area contributed by atoms with Crippen molar-refractivity contribution in [1.82, 2.24) is 9.88 Å². The average Bonchev–Trinajstić information content (AvgIpc) is 2.93. The Morgan fingerprint density at radius 3 is 2.53 bits per heavy atom. The summed E-state index contributed by atoms with van der Waals surface area (Å²) in [4.78, 5) is 26.8. The number of fused-ring (bicyclic) bond motifs is 2. The van der Waals surface area contributed by atoms with Gasteiger partial charge in [0.25, 0.3) is 5.91 Å². The van der Waals surface area contributed by atoms with Crippen molar-refractivity contribution in [2.24, 2.45) is 0 Å². The molecule has 2 unspecified atom stereocenters. The summed E-state index contributed by atoms with van der Waals surface area (Å²) in [5.41, 5.74) is 0.250. The Labute approximate surface area is 109 Å². The van der Waals surface area contributed by atoms with E-state index in [2.05, 4.69) is 4.98 Å². The lowest BCUT2D eigenvalue weighted by molar-refractivity contribution is -0.389. The lowest BCUT2D eigenvalue weighted by Crippen LogP contribution is -2.48. The number of aliphatic hydroxyl groups excluding tert-OH is 1. The lowest BCUT2D eigenvalue weighted by Gasteiger charge is -2.36. The normalized spacial score (nSPS) is 29.5. The van der Waals surface area contributed by atoms with Crippen LogP contribution >= 0.6 is 0 Å². The molecule has 2 aliphatic rings. The molecule has 2 bridgehead atoms. The summed E-state index contributed by atoms with van der Waals surface area (Å²) in [6.07, 6.45) is 2.67. The molecule has 19 heavy (non-hydrogen) atoms. The molecule has 2 fully saturated rings. The quantitative estimate of drug-likeness (QED) is 0.616. The van der Waals surface area contributed by atoms with Crippen LogP contribution in [0, 0.1) is 10.1 Å². The number of hydrogen-bond donors (Lipinski definition) is 2. The first kappa shape index (κ1) is 12.2. The van der Waals surface area contributed by atoms with Gasteiger partial charge in [-0.1, -0.05) is 0 Å². The van der Waals surface area contributed by atoms with E-state index in [1.165, 1.54) is 12.1 Å². The molecule has 2 atom stereocenters. The molecular formula is C12H15N3O4. The number of nitrogens with zero attached hydrogens (tertiary/aromatic N) is 2. The monoisotopic (exact) mass is 265 g/mol. The molecule has 0 saturated carbocycles. The number of aromatic amines is 1. The summed E-state index contributed by atoms with van der Waals surface area (Å²) in [5, 5.41) is 20.3. The van der Waals surface area contributed by atoms with E-state index in [1.807, 2.05) is 0 Å². The molecule has 102 valence electrons. The fraction of sp³-hybridized carbons (Fsp3) is 0.583. The highest BCUT2D eigenvalue weighted by Gasteiger charge is 2.43. The predicted molar refractivity (Wildman–Crippen MR) is 65.7 cm³/mol. The van der Waals surface area contributed by atoms with Gasteiger partial charge in [-0.3, -0.25) is 4.79 Å². The van der Waals surface area contributed by atoms with Crippen LogP contribution in [0.3, 0.4) is 0 Å². The third-order valence-electron chi connectivity index (χ3n) is 4.04. The van der Waals surface area contributed by atoms with Crippen molar-refractivity contribution in [1.29, 1.82) is 0 Å². The number of nitrogens with one attached hydrogen (secondary N) is 1. The van der Waals surface area contributed by atoms with Crippen LogP contribution in [-0.4, -0.2) is 44.0 Å². The second-order valence-electron chi connectivity index (χ2n) is 5.24. The molecule has 7 heteroatoms. The van der Waals surface area contributed by atoms with Gasteiger partial charge >= 0.3 is 5.82 Å². The van der Waals surface area contributed by atoms with Crippen LogP contribution in [-0.2, 0) is 0 Å². The SMILES string of the molecule is O=C(c1ccc([N+](=O)[O-])[nH]1)N1C2CCC1CC(O)C2. The summed E-state index contributed by atoms with van der Waals surface area (Å²) in [5.74, 6) is -0.375. The molecule has 1 aromatic rings. The zero-order valence-corrected chi connectivity index (χ0v) is 10.3. The van der Waals surface area contributed by atoms with Gasteiger partial charge in [-0.25, -0.2) is 4.98 Å². The Bertz CT molecular complexity index is 513. The number of rotatable bonds is 2. The van der Waals surface area contributed by atoms with Gasteiger partial charge in [0.2, 0.25) is 0 Å². The number of piperidine rings is 1. The minimum atomic E-state index is -0.550. The van der Waals surface area contributed by atoms with Gasteiger partial charge in [0.15, 0.2) is 5.69 Å². The molecule has 0 spiro atoms. The maximum absolute atomic E-state index is 12.4. The van der Waals surface area contributed by atoms with E-state index in [-0.39, 0.29) is 35.6 Å². The van der Waals surface area contributed by atoms with Crippen molar-refractivity contribution in [3.63, 3.8) is 0 Å². The number of hydrogen-bond acceptors (Lipinski definition) is 4. The van der Waals surface area contributed by atoms with Crippen molar-refractivity contribution < 1.29 is 14.8 Å². The van der Waals surface area contributed by atoms with Gasteiger partial charge in [-0.2, -0.15) is 0 Å². The van der Waals surface area contributed by atoms with Crippen LogP contribution in [0.2, 0.25) is 0 Å². The minimum absolute atomic E-state index is 0.0589. The molecule has 3 rings (SSSR count). The van der Waals surface area contributed by atoms with Crippen LogP contribution in [0.4, 0.5) is 5.82 Å².